The Morgan fingerprint density at radius 3 is 1.64 bits per heavy atom. The monoisotopic (exact) mass is 984 g/mol. The van der Waals surface area contributed by atoms with E-state index in [1.165, 1.54) is 141 Å². The predicted molar refractivity (Wildman–Crippen MR) is 280 cm³/mol. The van der Waals surface area contributed by atoms with Crippen molar-refractivity contribution >= 4 is 26.8 Å². The van der Waals surface area contributed by atoms with Gasteiger partial charge in [-0.25, -0.2) is 0 Å². The summed E-state index contributed by atoms with van der Waals surface area (Å²) in [5, 5.41) is 3.01. The molecule has 1 rings (SSSR count). The summed E-state index contributed by atoms with van der Waals surface area (Å²) in [6, 6.07) is 2.88. The first kappa shape index (κ1) is 64.9. The minimum atomic E-state index is -1.58. The number of benzene rings is 1. The van der Waals surface area contributed by atoms with E-state index in [0.29, 0.717) is 37.8 Å². The van der Waals surface area contributed by atoms with E-state index in [9.17, 15) is 14.4 Å². The Morgan fingerprint density at radius 1 is 0.652 bits per heavy atom. The zero-order valence-corrected chi connectivity index (χ0v) is 44.1. The van der Waals surface area contributed by atoms with Gasteiger partial charge in [-0.1, -0.05) is 173 Å². The van der Waals surface area contributed by atoms with Crippen LogP contribution in [-0.2, 0) is 32.6 Å². The number of ether oxygens (including phenoxy) is 5. The van der Waals surface area contributed by atoms with Crippen LogP contribution in [0.15, 0.2) is 24.3 Å². The number of hydrogen-bond donors (Lipinski definition) is 1. The maximum atomic E-state index is 12.7. The molecule has 0 aliphatic heterocycles. The number of nitrogens with one attached hydrogen (secondary N) is 1. The lowest BCUT2D eigenvalue weighted by molar-refractivity contribution is -0.161. The van der Waals surface area contributed by atoms with Crippen molar-refractivity contribution in [2.24, 2.45) is 0 Å². The summed E-state index contributed by atoms with van der Waals surface area (Å²) in [6.07, 6.45) is 54.7. The molecule has 0 amide bonds. The van der Waals surface area contributed by atoms with Gasteiger partial charge in [0.1, 0.15) is 32.2 Å². The minimum Gasteiger partial charge on any atom is -0.477 e. The van der Waals surface area contributed by atoms with Crippen molar-refractivity contribution in [2.75, 3.05) is 53.7 Å². The van der Waals surface area contributed by atoms with Crippen molar-refractivity contribution in [3.05, 3.63) is 29.8 Å². The molecule has 0 fully saturated rings. The third-order valence-corrected chi connectivity index (χ3v) is 11.9. The molecule has 0 bridgehead atoms. The Morgan fingerprint density at radius 2 is 1.14 bits per heavy atom. The van der Waals surface area contributed by atoms with Gasteiger partial charge in [-0.2, -0.15) is 0 Å². The molecular weight excluding hydrogens is 894 g/mol. The average Bonchev–Trinajstić information content (AvgIpc) is 3.35. The number of esters is 2. The van der Waals surface area contributed by atoms with Crippen molar-refractivity contribution in [3.63, 3.8) is 0 Å². The fraction of sp³-hybridized carbons (Fsp3) is 0.696. The highest BCUT2D eigenvalue weighted by Crippen LogP contribution is 2.39. The molecule has 0 heterocycles. The Labute approximate surface area is 420 Å². The van der Waals surface area contributed by atoms with Crippen LogP contribution in [0.25, 0.3) is 0 Å². The standard InChI is InChI=1S/C41H80NO7P.C15H10O4/c1-5-7-9-11-13-15-17-19-20-22-24-26-28-30-32-34-41(44)49-39(38-48-50(45-4)47-36-35-42-3)37-46-40(43)33-31-29-27-25-23-21-18-16-14-12-10-8-6-2;1-4-7-18-14-10-12(11-16)9-13(17-6-3)15(14)19-8-5-2/h19-20,39,42H,5-18,21-38H2,1-4H3;1-3,9-11H,7-8H2/b20-19-;. The average molecular weight is 984 g/mol. The summed E-state index contributed by atoms with van der Waals surface area (Å²) in [7, 11) is 1.78. The lowest BCUT2D eigenvalue weighted by atomic mass is 10.0. The number of carbonyl (C=O) groups is 3. The number of hydrogen-bond acceptors (Lipinski definition) is 12. The van der Waals surface area contributed by atoms with Gasteiger partial charge in [0.05, 0.1) is 13.2 Å². The van der Waals surface area contributed by atoms with E-state index < -0.39 is 14.7 Å². The van der Waals surface area contributed by atoms with Gasteiger partial charge in [-0.15, -0.1) is 12.8 Å². The van der Waals surface area contributed by atoms with Crippen LogP contribution in [0.1, 0.15) is 204 Å². The summed E-state index contributed by atoms with van der Waals surface area (Å²) in [4.78, 5) is 36.0. The summed E-state index contributed by atoms with van der Waals surface area (Å²) in [6.45, 7) is 5.64. The van der Waals surface area contributed by atoms with Crippen LogP contribution >= 0.6 is 8.60 Å². The summed E-state index contributed by atoms with van der Waals surface area (Å²) < 4.78 is 43.4. The lowest BCUT2D eigenvalue weighted by Gasteiger charge is -2.21. The third-order valence-electron chi connectivity index (χ3n) is 10.9. The number of carbonyl (C=O) groups excluding carboxylic acids is 3. The van der Waals surface area contributed by atoms with Crippen molar-refractivity contribution in [3.8, 4) is 54.5 Å². The van der Waals surface area contributed by atoms with E-state index in [0.717, 1.165) is 44.9 Å². The zero-order valence-electron chi connectivity index (χ0n) is 43.2. The topological polar surface area (TPSA) is 137 Å². The summed E-state index contributed by atoms with van der Waals surface area (Å²) in [5.41, 5.74) is 0.310. The molecule has 0 radical (unpaired) electrons. The molecule has 0 aromatic heterocycles. The first-order valence-electron chi connectivity index (χ1n) is 26.0. The van der Waals surface area contributed by atoms with Crippen LogP contribution in [0.3, 0.4) is 0 Å². The number of terminal acetylenes is 3. The van der Waals surface area contributed by atoms with Crippen LogP contribution in [0.2, 0.25) is 0 Å². The van der Waals surface area contributed by atoms with Crippen LogP contribution in [0.4, 0.5) is 0 Å². The van der Waals surface area contributed by atoms with Gasteiger partial charge in [-0.3, -0.25) is 14.4 Å². The summed E-state index contributed by atoms with van der Waals surface area (Å²) >= 11 is 0. The molecule has 2 unspecified atom stereocenters. The number of likely N-dealkylation sites (N-methyl/N-ethyl adjacent to an activating group) is 1. The van der Waals surface area contributed by atoms with E-state index in [1.54, 1.807) is 0 Å². The number of allylic oxidation sites excluding steroid dienone is 2. The Hall–Kier alpha value is -4.08. The highest BCUT2D eigenvalue weighted by molar-refractivity contribution is 7.41. The Bertz CT molecular complexity index is 1570. The molecule has 0 aliphatic rings. The number of unbranched alkanes of at least 4 members (excludes halogenated alkanes) is 23. The number of aldehydes is 1. The van der Waals surface area contributed by atoms with E-state index in [1.807, 2.05) is 13.2 Å². The highest BCUT2D eigenvalue weighted by atomic mass is 31.2. The smallest absolute Gasteiger partial charge is 0.332 e. The molecule has 0 saturated heterocycles. The van der Waals surface area contributed by atoms with Crippen molar-refractivity contribution < 1.29 is 51.6 Å². The fourth-order valence-corrected chi connectivity index (χ4v) is 7.86. The first-order valence-corrected chi connectivity index (χ1v) is 27.1. The Kier molecular flexibility index (Phi) is 47.3. The molecule has 1 aromatic carbocycles. The SMILES string of the molecule is C#CCOc1cc(C=O)cc(OC#C)c1OCC#C.CCCCCCCC/C=C\CCCCCCCC(=O)OC(COC(=O)CCCCCCCCCCCCCCC)COP(OC)OCCNC. The maximum absolute atomic E-state index is 12.7. The van der Waals surface area contributed by atoms with E-state index in [2.05, 4.69) is 43.2 Å². The molecule has 2 atom stereocenters. The molecule has 1 N–H and O–H groups in total. The van der Waals surface area contributed by atoms with Gasteiger partial charge >= 0.3 is 20.5 Å². The molecule has 1 aromatic rings. The molecular formula is C56H90NO11P. The van der Waals surface area contributed by atoms with Gasteiger partial charge in [0, 0.05) is 32.1 Å². The second kappa shape index (κ2) is 50.3. The van der Waals surface area contributed by atoms with Gasteiger partial charge in [-0.05, 0) is 57.7 Å². The van der Waals surface area contributed by atoms with Crippen LogP contribution in [0.5, 0.6) is 17.2 Å². The first-order chi connectivity index (χ1) is 33.8. The maximum Gasteiger partial charge on any atom is 0.332 e. The normalized spacial score (nSPS) is 11.6. The second-order valence-corrected chi connectivity index (χ2v) is 18.3. The minimum absolute atomic E-state index is 0.00418. The Balaban J connectivity index is 0.00000201. The fourth-order valence-electron chi connectivity index (χ4n) is 7.04. The van der Waals surface area contributed by atoms with E-state index in [-0.39, 0.29) is 55.6 Å². The number of rotatable bonds is 46. The van der Waals surface area contributed by atoms with E-state index >= 15 is 0 Å². The molecule has 390 valence electrons. The van der Waals surface area contributed by atoms with Gasteiger partial charge in [0.25, 0.3) is 0 Å². The largest absolute Gasteiger partial charge is 0.477 e. The van der Waals surface area contributed by atoms with Crippen LogP contribution < -0.4 is 19.5 Å². The zero-order chi connectivity index (χ0) is 50.7. The van der Waals surface area contributed by atoms with Crippen molar-refractivity contribution in [1.29, 1.82) is 0 Å². The van der Waals surface area contributed by atoms with Gasteiger partial charge in [0.2, 0.25) is 5.75 Å². The lowest BCUT2D eigenvalue weighted by Crippen LogP contribution is -2.29. The quantitative estimate of drug-likeness (QED) is 0.0166. The molecule has 12 nitrogen and oxygen atoms in total. The second-order valence-electron chi connectivity index (χ2n) is 16.9. The van der Waals surface area contributed by atoms with Gasteiger partial charge in [0.15, 0.2) is 17.6 Å². The van der Waals surface area contributed by atoms with E-state index in [4.69, 9.17) is 56.5 Å². The molecule has 0 spiro atoms. The summed E-state index contributed by atoms with van der Waals surface area (Å²) in [5.74, 6) is 4.66. The highest BCUT2D eigenvalue weighted by Gasteiger charge is 2.21. The predicted octanol–water partition coefficient (Wildman–Crippen LogP) is 13.6. The van der Waals surface area contributed by atoms with Crippen LogP contribution in [-0.4, -0.2) is 78.1 Å². The van der Waals surface area contributed by atoms with Crippen molar-refractivity contribution in [1.82, 2.24) is 5.32 Å². The molecule has 0 aliphatic carbocycles. The third kappa shape index (κ3) is 40.4. The van der Waals surface area contributed by atoms with Crippen LogP contribution in [0, 0.1) is 37.2 Å². The van der Waals surface area contributed by atoms with Gasteiger partial charge < -0.3 is 42.6 Å². The van der Waals surface area contributed by atoms with Crippen molar-refractivity contribution in [2.45, 2.75) is 200 Å². The molecule has 13 heteroatoms. The molecule has 69 heavy (non-hydrogen) atoms. The molecule has 0 saturated carbocycles.